The summed E-state index contributed by atoms with van der Waals surface area (Å²) < 4.78 is 0. The van der Waals surface area contributed by atoms with Gasteiger partial charge < -0.3 is 10.6 Å². The molecule has 1 aliphatic heterocycles. The highest BCUT2D eigenvalue weighted by molar-refractivity contribution is 5.76. The molecule has 0 bridgehead atoms. The summed E-state index contributed by atoms with van der Waals surface area (Å²) in [4.78, 5) is 17.9. The van der Waals surface area contributed by atoms with Gasteiger partial charge in [-0.05, 0) is 31.4 Å². The third-order valence-electron chi connectivity index (χ3n) is 3.13. The molecule has 1 aliphatic rings. The van der Waals surface area contributed by atoms with E-state index in [9.17, 15) is 4.79 Å². The Morgan fingerprint density at radius 1 is 1.53 bits per heavy atom. The van der Waals surface area contributed by atoms with E-state index in [-0.39, 0.29) is 11.9 Å². The number of aryl methyl sites for hydroxylation is 1. The fraction of sp³-hybridized carbons (Fsp3) is 0.538. The summed E-state index contributed by atoms with van der Waals surface area (Å²) in [5, 5.41) is 0. The van der Waals surface area contributed by atoms with Gasteiger partial charge in [-0.15, -0.1) is 0 Å². The van der Waals surface area contributed by atoms with Gasteiger partial charge in [0.2, 0.25) is 5.91 Å². The highest BCUT2D eigenvalue weighted by atomic mass is 16.2. The fourth-order valence-corrected chi connectivity index (χ4v) is 2.14. The second kappa shape index (κ2) is 5.77. The maximum atomic E-state index is 11.8. The van der Waals surface area contributed by atoms with Crippen molar-refractivity contribution in [3.05, 3.63) is 30.1 Å². The standard InChI is InChI=1S/C13H19N3O/c14-11-7-9-16(10-11)13(17)6-3-5-12-4-1-2-8-15-12/h1-2,4,8,11H,3,5-7,9-10,14H2/t11-/m0/s1. The van der Waals surface area contributed by atoms with Crippen molar-refractivity contribution in [1.82, 2.24) is 9.88 Å². The first-order valence-corrected chi connectivity index (χ1v) is 6.19. The second-order valence-electron chi connectivity index (χ2n) is 4.56. The molecule has 0 aromatic carbocycles. The minimum Gasteiger partial charge on any atom is -0.341 e. The number of nitrogens with zero attached hydrogens (tertiary/aromatic N) is 2. The van der Waals surface area contributed by atoms with Crippen LogP contribution in [0.2, 0.25) is 0 Å². The number of carbonyl (C=O) groups is 1. The molecular formula is C13H19N3O. The number of aromatic nitrogens is 1. The number of nitrogens with two attached hydrogens (primary N) is 1. The summed E-state index contributed by atoms with van der Waals surface area (Å²) in [5.41, 5.74) is 6.83. The Labute approximate surface area is 102 Å². The normalized spacial score (nSPS) is 19.6. The maximum absolute atomic E-state index is 11.8. The molecule has 4 heteroatoms. The van der Waals surface area contributed by atoms with Crippen LogP contribution in [0.5, 0.6) is 0 Å². The first kappa shape index (κ1) is 12.0. The average molecular weight is 233 g/mol. The molecule has 92 valence electrons. The summed E-state index contributed by atoms with van der Waals surface area (Å²) in [6.45, 7) is 1.55. The van der Waals surface area contributed by atoms with Crippen LogP contribution in [0.3, 0.4) is 0 Å². The van der Waals surface area contributed by atoms with Crippen LogP contribution in [0.15, 0.2) is 24.4 Å². The number of hydrogen-bond acceptors (Lipinski definition) is 3. The first-order valence-electron chi connectivity index (χ1n) is 6.19. The third kappa shape index (κ3) is 3.53. The van der Waals surface area contributed by atoms with Crippen LogP contribution in [0.1, 0.15) is 25.0 Å². The average Bonchev–Trinajstić information content (AvgIpc) is 2.77. The zero-order chi connectivity index (χ0) is 12.1. The van der Waals surface area contributed by atoms with Crippen molar-refractivity contribution in [2.75, 3.05) is 13.1 Å². The lowest BCUT2D eigenvalue weighted by Gasteiger charge is -2.15. The van der Waals surface area contributed by atoms with E-state index in [2.05, 4.69) is 4.98 Å². The predicted octanol–water partition coefficient (Wildman–Crippen LogP) is 0.964. The first-order chi connectivity index (χ1) is 8.25. The molecule has 2 N–H and O–H groups in total. The lowest BCUT2D eigenvalue weighted by Crippen LogP contribution is -2.31. The molecule has 1 aromatic rings. The molecule has 1 amide bonds. The van der Waals surface area contributed by atoms with Gasteiger partial charge in [0.15, 0.2) is 0 Å². The van der Waals surface area contributed by atoms with E-state index in [0.29, 0.717) is 6.42 Å². The lowest BCUT2D eigenvalue weighted by molar-refractivity contribution is -0.130. The number of hydrogen-bond donors (Lipinski definition) is 1. The van der Waals surface area contributed by atoms with E-state index in [0.717, 1.165) is 38.0 Å². The Morgan fingerprint density at radius 2 is 2.41 bits per heavy atom. The van der Waals surface area contributed by atoms with Crippen molar-refractivity contribution in [2.45, 2.75) is 31.7 Å². The number of amides is 1. The van der Waals surface area contributed by atoms with E-state index < -0.39 is 0 Å². The van der Waals surface area contributed by atoms with Crippen LogP contribution in [0, 0.1) is 0 Å². The fourth-order valence-electron chi connectivity index (χ4n) is 2.14. The highest BCUT2D eigenvalue weighted by Gasteiger charge is 2.22. The topological polar surface area (TPSA) is 59.2 Å². The van der Waals surface area contributed by atoms with Gasteiger partial charge in [-0.2, -0.15) is 0 Å². The van der Waals surface area contributed by atoms with Crippen LogP contribution in [0.25, 0.3) is 0 Å². The van der Waals surface area contributed by atoms with Crippen molar-refractivity contribution >= 4 is 5.91 Å². The van der Waals surface area contributed by atoms with Gasteiger partial charge in [0.25, 0.3) is 0 Å². The smallest absolute Gasteiger partial charge is 0.222 e. The Bertz CT molecular complexity index is 366. The van der Waals surface area contributed by atoms with Crippen LogP contribution in [-0.2, 0) is 11.2 Å². The summed E-state index contributed by atoms with van der Waals surface area (Å²) in [6, 6.07) is 6.05. The Kier molecular flexibility index (Phi) is 4.09. The SMILES string of the molecule is N[C@H]1CCN(C(=O)CCCc2ccccn2)C1. The molecule has 0 spiro atoms. The molecule has 1 saturated heterocycles. The van der Waals surface area contributed by atoms with E-state index in [1.807, 2.05) is 23.1 Å². The van der Waals surface area contributed by atoms with Crippen molar-refractivity contribution in [2.24, 2.45) is 5.73 Å². The number of carbonyl (C=O) groups excluding carboxylic acids is 1. The quantitative estimate of drug-likeness (QED) is 0.842. The van der Waals surface area contributed by atoms with Crippen molar-refractivity contribution in [3.63, 3.8) is 0 Å². The minimum atomic E-state index is 0.176. The zero-order valence-corrected chi connectivity index (χ0v) is 10.0. The molecule has 0 saturated carbocycles. The number of rotatable bonds is 4. The van der Waals surface area contributed by atoms with Gasteiger partial charge in [-0.25, -0.2) is 0 Å². The summed E-state index contributed by atoms with van der Waals surface area (Å²) in [5.74, 6) is 0.230. The number of likely N-dealkylation sites (tertiary alicyclic amines) is 1. The van der Waals surface area contributed by atoms with Crippen LogP contribution >= 0.6 is 0 Å². The summed E-state index contributed by atoms with van der Waals surface area (Å²) in [7, 11) is 0. The number of pyridine rings is 1. The van der Waals surface area contributed by atoms with E-state index in [4.69, 9.17) is 5.73 Å². The highest BCUT2D eigenvalue weighted by Crippen LogP contribution is 2.10. The zero-order valence-electron chi connectivity index (χ0n) is 10.0. The van der Waals surface area contributed by atoms with Crippen LogP contribution in [0.4, 0.5) is 0 Å². The van der Waals surface area contributed by atoms with Gasteiger partial charge in [0, 0.05) is 37.4 Å². The maximum Gasteiger partial charge on any atom is 0.222 e. The molecule has 4 nitrogen and oxygen atoms in total. The predicted molar refractivity (Wildman–Crippen MR) is 66.3 cm³/mol. The Morgan fingerprint density at radius 3 is 3.06 bits per heavy atom. The largest absolute Gasteiger partial charge is 0.341 e. The van der Waals surface area contributed by atoms with Gasteiger partial charge >= 0.3 is 0 Å². The molecular weight excluding hydrogens is 214 g/mol. The van der Waals surface area contributed by atoms with Gasteiger partial charge in [0.1, 0.15) is 0 Å². The van der Waals surface area contributed by atoms with Gasteiger partial charge in [-0.1, -0.05) is 6.07 Å². The van der Waals surface area contributed by atoms with E-state index >= 15 is 0 Å². The van der Waals surface area contributed by atoms with Crippen molar-refractivity contribution in [1.29, 1.82) is 0 Å². The Balaban J connectivity index is 1.70. The summed E-state index contributed by atoms with van der Waals surface area (Å²) in [6.07, 6.45) is 5.06. The van der Waals surface area contributed by atoms with Crippen LogP contribution < -0.4 is 5.73 Å². The molecule has 1 atom stereocenters. The van der Waals surface area contributed by atoms with Crippen LogP contribution in [-0.4, -0.2) is 34.9 Å². The second-order valence-corrected chi connectivity index (χ2v) is 4.56. The van der Waals surface area contributed by atoms with E-state index in [1.165, 1.54) is 0 Å². The molecule has 0 unspecified atom stereocenters. The third-order valence-corrected chi connectivity index (χ3v) is 3.13. The molecule has 1 aromatic heterocycles. The molecule has 2 heterocycles. The van der Waals surface area contributed by atoms with Crippen molar-refractivity contribution < 1.29 is 4.79 Å². The molecule has 1 fully saturated rings. The van der Waals surface area contributed by atoms with Crippen molar-refractivity contribution in [3.8, 4) is 0 Å². The van der Waals surface area contributed by atoms with Gasteiger partial charge in [0.05, 0.1) is 0 Å². The lowest BCUT2D eigenvalue weighted by atomic mass is 10.1. The summed E-state index contributed by atoms with van der Waals surface area (Å²) >= 11 is 0. The molecule has 17 heavy (non-hydrogen) atoms. The minimum absolute atomic E-state index is 0.176. The Hall–Kier alpha value is -1.42. The van der Waals surface area contributed by atoms with Gasteiger partial charge in [-0.3, -0.25) is 9.78 Å². The molecule has 0 radical (unpaired) electrons. The molecule has 0 aliphatic carbocycles. The molecule has 2 rings (SSSR count). The van der Waals surface area contributed by atoms with E-state index in [1.54, 1.807) is 6.20 Å². The monoisotopic (exact) mass is 233 g/mol.